The maximum Gasteiger partial charge on any atom is 0.284 e. The monoisotopic (exact) mass is 501 g/mol. The second kappa shape index (κ2) is 9.48. The van der Waals surface area contributed by atoms with Gasteiger partial charge in [0.1, 0.15) is 0 Å². The predicted molar refractivity (Wildman–Crippen MR) is 129 cm³/mol. The SMILES string of the molecule is O=S(=O)(NNC(=NS(=O)(=O)c1ccc(Cl)cc1)c1ccccc1)C1=CC2C=CC=CC2C=C1. The summed E-state index contributed by atoms with van der Waals surface area (Å²) in [6, 6.07) is 13.9. The van der Waals surface area contributed by atoms with Crippen LogP contribution in [-0.2, 0) is 20.0 Å². The van der Waals surface area contributed by atoms with Gasteiger partial charge in [0.05, 0.1) is 9.80 Å². The molecule has 0 bridgehead atoms. The number of nitrogens with one attached hydrogen (secondary N) is 2. The lowest BCUT2D eigenvalue weighted by atomic mass is 9.85. The van der Waals surface area contributed by atoms with Crippen molar-refractivity contribution in [1.82, 2.24) is 10.3 Å². The summed E-state index contributed by atoms with van der Waals surface area (Å²) in [6.07, 6.45) is 12.7. The normalized spacial score (nSPS) is 20.3. The molecule has 0 saturated carbocycles. The molecule has 2 N–H and O–H groups in total. The molecule has 2 aliphatic rings. The fourth-order valence-electron chi connectivity index (χ4n) is 3.33. The van der Waals surface area contributed by atoms with Crippen LogP contribution in [0.1, 0.15) is 5.56 Å². The van der Waals surface area contributed by atoms with Crippen LogP contribution in [0, 0.1) is 11.8 Å². The van der Waals surface area contributed by atoms with Gasteiger partial charge in [0.25, 0.3) is 20.0 Å². The number of hydrazine groups is 1. The van der Waals surface area contributed by atoms with Crippen LogP contribution in [0.15, 0.2) is 111 Å². The Bertz CT molecular complexity index is 1390. The Kier molecular flexibility index (Phi) is 6.66. The van der Waals surface area contributed by atoms with Crippen molar-refractivity contribution in [2.45, 2.75) is 4.90 Å². The van der Waals surface area contributed by atoms with Gasteiger partial charge in [-0.15, -0.1) is 9.23 Å². The summed E-state index contributed by atoms with van der Waals surface area (Å²) in [7, 11) is -8.15. The molecule has 33 heavy (non-hydrogen) atoms. The summed E-state index contributed by atoms with van der Waals surface area (Å²) >= 11 is 5.84. The first-order valence-corrected chi connectivity index (χ1v) is 13.2. The molecule has 0 spiro atoms. The molecule has 0 saturated heterocycles. The third-order valence-corrected chi connectivity index (χ3v) is 7.85. The molecule has 0 radical (unpaired) electrons. The third-order valence-electron chi connectivity index (χ3n) is 5.05. The minimum atomic E-state index is -4.15. The molecule has 170 valence electrons. The summed E-state index contributed by atoms with van der Waals surface area (Å²) in [4.78, 5) is 2.25. The van der Waals surface area contributed by atoms with Gasteiger partial charge >= 0.3 is 0 Å². The van der Waals surface area contributed by atoms with E-state index in [4.69, 9.17) is 11.6 Å². The summed E-state index contributed by atoms with van der Waals surface area (Å²) in [6.45, 7) is 0. The molecule has 0 amide bonds. The lowest BCUT2D eigenvalue weighted by molar-refractivity contribution is 0.581. The van der Waals surface area contributed by atoms with E-state index in [1.165, 1.54) is 30.3 Å². The zero-order valence-electron chi connectivity index (χ0n) is 17.2. The number of sulfonamides is 2. The van der Waals surface area contributed by atoms with Gasteiger partial charge < -0.3 is 0 Å². The number of amidine groups is 1. The average Bonchev–Trinajstić information content (AvgIpc) is 2.82. The second-order valence-electron chi connectivity index (χ2n) is 7.32. The first-order chi connectivity index (χ1) is 15.7. The minimum absolute atomic E-state index is 0.0703. The Morgan fingerprint density at radius 3 is 2.21 bits per heavy atom. The van der Waals surface area contributed by atoms with Gasteiger partial charge in [0.2, 0.25) is 0 Å². The minimum Gasteiger partial charge on any atom is -0.291 e. The molecule has 4 rings (SSSR count). The van der Waals surface area contributed by atoms with Crippen molar-refractivity contribution in [3.8, 4) is 0 Å². The molecule has 0 heterocycles. The number of allylic oxidation sites excluding steroid dienone is 7. The van der Waals surface area contributed by atoms with Crippen LogP contribution in [-0.4, -0.2) is 22.7 Å². The molecule has 0 aliphatic heterocycles. The Labute approximate surface area is 198 Å². The highest BCUT2D eigenvalue weighted by molar-refractivity contribution is 7.93. The van der Waals surface area contributed by atoms with Crippen molar-refractivity contribution in [3.63, 3.8) is 0 Å². The molecule has 2 aromatic carbocycles. The molecule has 2 atom stereocenters. The molecular formula is C23H20ClN3O4S2. The number of rotatable bonds is 6. The van der Waals surface area contributed by atoms with Gasteiger partial charge in [-0.05, 0) is 30.3 Å². The maximum atomic E-state index is 12.9. The van der Waals surface area contributed by atoms with E-state index in [0.29, 0.717) is 10.6 Å². The van der Waals surface area contributed by atoms with Crippen LogP contribution in [0.5, 0.6) is 0 Å². The summed E-state index contributed by atoms with van der Waals surface area (Å²) < 4.78 is 55.3. The number of hydrogen-bond donors (Lipinski definition) is 2. The van der Waals surface area contributed by atoms with Crippen molar-refractivity contribution in [2.75, 3.05) is 0 Å². The van der Waals surface area contributed by atoms with Gasteiger partial charge in [-0.2, -0.15) is 8.42 Å². The van der Waals surface area contributed by atoms with Crippen molar-refractivity contribution >= 4 is 37.5 Å². The van der Waals surface area contributed by atoms with Crippen LogP contribution >= 0.6 is 11.6 Å². The van der Waals surface area contributed by atoms with Crippen LogP contribution in [0.3, 0.4) is 0 Å². The van der Waals surface area contributed by atoms with Crippen molar-refractivity contribution in [3.05, 3.63) is 113 Å². The van der Waals surface area contributed by atoms with Crippen molar-refractivity contribution < 1.29 is 16.8 Å². The van der Waals surface area contributed by atoms with Crippen molar-refractivity contribution in [1.29, 1.82) is 0 Å². The van der Waals surface area contributed by atoms with Crippen LogP contribution in [0.2, 0.25) is 5.02 Å². The Balaban J connectivity index is 1.62. The van der Waals surface area contributed by atoms with E-state index in [9.17, 15) is 16.8 Å². The number of nitrogens with zero attached hydrogens (tertiary/aromatic N) is 1. The van der Waals surface area contributed by atoms with Gasteiger partial charge in [0, 0.05) is 22.4 Å². The smallest absolute Gasteiger partial charge is 0.284 e. The van der Waals surface area contributed by atoms with Crippen LogP contribution in [0.4, 0.5) is 0 Å². The van der Waals surface area contributed by atoms with Gasteiger partial charge in [-0.1, -0.05) is 78.4 Å². The molecule has 2 aromatic rings. The third kappa shape index (κ3) is 5.51. The molecule has 0 fully saturated rings. The van der Waals surface area contributed by atoms with E-state index in [-0.39, 0.29) is 27.5 Å². The average molecular weight is 502 g/mol. The summed E-state index contributed by atoms with van der Waals surface area (Å²) in [5.41, 5.74) is 2.86. The summed E-state index contributed by atoms with van der Waals surface area (Å²) in [5.74, 6) is -0.139. The first-order valence-electron chi connectivity index (χ1n) is 9.93. The number of hydrogen-bond acceptors (Lipinski definition) is 4. The second-order valence-corrected chi connectivity index (χ2v) is 11.0. The van der Waals surface area contributed by atoms with E-state index in [1.54, 1.807) is 36.4 Å². The van der Waals surface area contributed by atoms with E-state index < -0.39 is 20.0 Å². The lowest BCUT2D eigenvalue weighted by Gasteiger charge is -2.23. The topological polar surface area (TPSA) is 105 Å². The molecule has 0 aromatic heterocycles. The molecule has 10 heteroatoms. The predicted octanol–water partition coefficient (Wildman–Crippen LogP) is 3.71. The Morgan fingerprint density at radius 1 is 0.848 bits per heavy atom. The quantitative estimate of drug-likeness (QED) is 0.356. The number of halogens is 1. The largest absolute Gasteiger partial charge is 0.291 e. The number of fused-ring (bicyclic) bond motifs is 1. The highest BCUT2D eigenvalue weighted by Crippen LogP contribution is 2.29. The lowest BCUT2D eigenvalue weighted by Crippen LogP contribution is -2.43. The highest BCUT2D eigenvalue weighted by atomic mass is 35.5. The summed E-state index contributed by atoms with van der Waals surface area (Å²) in [5, 5.41) is 0.381. The van der Waals surface area contributed by atoms with Crippen LogP contribution in [0.25, 0.3) is 0 Å². The maximum absolute atomic E-state index is 12.9. The van der Waals surface area contributed by atoms with E-state index in [1.807, 2.05) is 30.4 Å². The zero-order chi connectivity index (χ0) is 23.5. The number of benzene rings is 2. The fourth-order valence-corrected chi connectivity index (χ4v) is 5.37. The van der Waals surface area contributed by atoms with E-state index in [2.05, 4.69) is 14.7 Å². The molecule has 7 nitrogen and oxygen atoms in total. The van der Waals surface area contributed by atoms with E-state index >= 15 is 0 Å². The van der Waals surface area contributed by atoms with Crippen LogP contribution < -0.4 is 10.3 Å². The standard InChI is InChI=1S/C23H20ClN3O4S2/c24-20-11-14-21(15-12-20)32(28,29)26-23(18-7-2-1-3-8-18)25-27-33(30,31)22-13-10-17-6-4-5-9-19(17)16-22/h1-17,19,27H,(H,25,26). The Morgan fingerprint density at radius 2 is 1.52 bits per heavy atom. The van der Waals surface area contributed by atoms with Gasteiger partial charge in [-0.3, -0.25) is 5.43 Å². The van der Waals surface area contributed by atoms with E-state index in [0.717, 1.165) is 0 Å². The van der Waals surface area contributed by atoms with Gasteiger partial charge in [0.15, 0.2) is 5.84 Å². The first kappa shape index (κ1) is 23.2. The van der Waals surface area contributed by atoms with Crippen molar-refractivity contribution in [2.24, 2.45) is 16.2 Å². The van der Waals surface area contributed by atoms with Gasteiger partial charge in [-0.25, -0.2) is 8.42 Å². The molecule has 2 aliphatic carbocycles. The molecule has 2 unspecified atom stereocenters. The Hall–Kier alpha value is -2.98. The molecular weight excluding hydrogens is 482 g/mol. The highest BCUT2D eigenvalue weighted by Gasteiger charge is 2.25. The fraction of sp³-hybridized carbons (Fsp3) is 0.0870. The zero-order valence-corrected chi connectivity index (χ0v) is 19.6.